The molecule has 0 saturated carbocycles. The predicted octanol–water partition coefficient (Wildman–Crippen LogP) is 4.96. The monoisotopic (exact) mass is 326 g/mol. The molecule has 0 spiro atoms. The molecule has 4 heteroatoms. The van der Waals surface area contributed by atoms with Crippen LogP contribution >= 0.6 is 0 Å². The smallest absolute Gasteiger partial charge is 0.331 e. The fourth-order valence-electron chi connectivity index (χ4n) is 2.22. The van der Waals surface area contributed by atoms with Gasteiger partial charge in [0.1, 0.15) is 6.10 Å². The first kappa shape index (κ1) is 21.7. The van der Waals surface area contributed by atoms with Crippen molar-refractivity contribution in [1.29, 1.82) is 0 Å². The summed E-state index contributed by atoms with van der Waals surface area (Å²) in [6, 6.07) is 0. The Morgan fingerprint density at radius 2 is 1.43 bits per heavy atom. The second-order valence-electron chi connectivity index (χ2n) is 5.88. The van der Waals surface area contributed by atoms with Crippen molar-refractivity contribution in [2.75, 3.05) is 6.61 Å². The zero-order valence-corrected chi connectivity index (χ0v) is 15.1. The molecule has 0 aromatic carbocycles. The molecule has 0 aliphatic heterocycles. The number of ether oxygens (including phenoxy) is 2. The van der Waals surface area contributed by atoms with Crippen molar-refractivity contribution < 1.29 is 19.1 Å². The molecular weight excluding hydrogens is 292 g/mol. The molecule has 0 bridgehead atoms. The van der Waals surface area contributed by atoms with Gasteiger partial charge in [-0.25, -0.2) is 9.59 Å². The fraction of sp³-hybridized carbons (Fsp3) is 0.789. The van der Waals surface area contributed by atoms with E-state index in [1.807, 2.05) is 6.92 Å². The van der Waals surface area contributed by atoms with Crippen molar-refractivity contribution in [3.8, 4) is 0 Å². The summed E-state index contributed by atoms with van der Waals surface area (Å²) in [6.07, 6.45) is 12.9. The van der Waals surface area contributed by atoms with Crippen molar-refractivity contribution in [3.05, 3.63) is 12.2 Å². The summed E-state index contributed by atoms with van der Waals surface area (Å²) in [7, 11) is 0. The second kappa shape index (κ2) is 15.6. The molecule has 1 unspecified atom stereocenters. The van der Waals surface area contributed by atoms with E-state index in [1.165, 1.54) is 25.7 Å². The van der Waals surface area contributed by atoms with Crippen LogP contribution in [0.5, 0.6) is 0 Å². The van der Waals surface area contributed by atoms with Gasteiger partial charge in [0.25, 0.3) is 0 Å². The summed E-state index contributed by atoms with van der Waals surface area (Å²) in [5.74, 6) is -0.943. The maximum absolute atomic E-state index is 11.6. The summed E-state index contributed by atoms with van der Waals surface area (Å²) >= 11 is 0. The van der Waals surface area contributed by atoms with Crippen LogP contribution < -0.4 is 0 Å². The first-order valence-corrected chi connectivity index (χ1v) is 9.19. The summed E-state index contributed by atoms with van der Waals surface area (Å²) < 4.78 is 10.4. The van der Waals surface area contributed by atoms with Gasteiger partial charge in [-0.15, -0.1) is 0 Å². The van der Waals surface area contributed by atoms with E-state index in [1.54, 1.807) is 0 Å². The number of rotatable bonds is 14. The first-order chi connectivity index (χ1) is 11.1. The minimum Gasteiger partial charge on any atom is -0.463 e. The Hall–Kier alpha value is -1.32. The highest BCUT2D eigenvalue weighted by Crippen LogP contribution is 2.09. The van der Waals surface area contributed by atoms with Crippen LogP contribution in [0.3, 0.4) is 0 Å². The molecule has 4 nitrogen and oxygen atoms in total. The molecule has 134 valence electrons. The third-order valence-electron chi connectivity index (χ3n) is 3.72. The lowest BCUT2D eigenvalue weighted by molar-refractivity contribution is -0.144. The van der Waals surface area contributed by atoms with E-state index in [4.69, 9.17) is 9.47 Å². The Balaban J connectivity index is 3.78. The van der Waals surface area contributed by atoms with Gasteiger partial charge in [-0.2, -0.15) is 0 Å². The van der Waals surface area contributed by atoms with Crippen LogP contribution in [0.25, 0.3) is 0 Å². The van der Waals surface area contributed by atoms with Gasteiger partial charge in [0.05, 0.1) is 6.61 Å². The molecule has 0 aromatic rings. The van der Waals surface area contributed by atoms with Gasteiger partial charge in [-0.1, -0.05) is 65.7 Å². The summed E-state index contributed by atoms with van der Waals surface area (Å²) in [4.78, 5) is 23.1. The van der Waals surface area contributed by atoms with Crippen molar-refractivity contribution in [1.82, 2.24) is 0 Å². The topological polar surface area (TPSA) is 52.6 Å². The lowest BCUT2D eigenvalue weighted by Crippen LogP contribution is -2.16. The maximum atomic E-state index is 11.6. The van der Waals surface area contributed by atoms with E-state index in [2.05, 4.69) is 13.8 Å². The van der Waals surface area contributed by atoms with E-state index in [9.17, 15) is 9.59 Å². The molecule has 0 amide bonds. The predicted molar refractivity (Wildman–Crippen MR) is 93.2 cm³/mol. The molecule has 0 N–H and O–H groups in total. The normalized spacial score (nSPS) is 12.3. The molecule has 0 radical (unpaired) electrons. The third-order valence-corrected chi connectivity index (χ3v) is 3.72. The first-order valence-electron chi connectivity index (χ1n) is 9.19. The average Bonchev–Trinajstić information content (AvgIpc) is 2.55. The highest BCUT2D eigenvalue weighted by Gasteiger charge is 2.10. The van der Waals surface area contributed by atoms with Crippen LogP contribution in [0.15, 0.2) is 12.2 Å². The zero-order valence-electron chi connectivity index (χ0n) is 15.1. The standard InChI is InChI=1S/C19H34O4/c1-4-7-9-10-11-12-16-22-18(20)14-15-19(21)23-17(6-3)13-8-5-2/h14-15,17H,4-13,16H2,1-3H3/b15-14+. The number of esters is 2. The number of carbonyl (C=O) groups is 2. The SMILES string of the molecule is CCCCCCCCOC(=O)/C=C/C(=O)OC(CC)CCCC. The van der Waals surface area contributed by atoms with Crippen molar-refractivity contribution >= 4 is 11.9 Å². The number of unbranched alkanes of at least 4 members (excludes halogenated alkanes) is 6. The average molecular weight is 326 g/mol. The molecule has 0 fully saturated rings. The molecule has 1 atom stereocenters. The highest BCUT2D eigenvalue weighted by molar-refractivity contribution is 5.91. The summed E-state index contributed by atoms with van der Waals surface area (Å²) in [5, 5.41) is 0. The van der Waals surface area contributed by atoms with Crippen LogP contribution in [-0.2, 0) is 19.1 Å². The molecule has 0 aliphatic carbocycles. The van der Waals surface area contributed by atoms with E-state index < -0.39 is 11.9 Å². The highest BCUT2D eigenvalue weighted by atomic mass is 16.5. The van der Waals surface area contributed by atoms with E-state index >= 15 is 0 Å². The Bertz CT molecular complexity index is 336. The third kappa shape index (κ3) is 14.0. The van der Waals surface area contributed by atoms with Crippen LogP contribution in [0.4, 0.5) is 0 Å². The van der Waals surface area contributed by atoms with Gasteiger partial charge >= 0.3 is 11.9 Å². The Labute approximate surface area is 141 Å². The zero-order chi connectivity index (χ0) is 17.3. The maximum Gasteiger partial charge on any atom is 0.331 e. The van der Waals surface area contributed by atoms with Crippen molar-refractivity contribution in [2.24, 2.45) is 0 Å². The molecule has 0 aromatic heterocycles. The number of carbonyl (C=O) groups excluding carboxylic acids is 2. The lowest BCUT2D eigenvalue weighted by Gasteiger charge is -2.14. The van der Waals surface area contributed by atoms with Gasteiger partial charge in [-0.05, 0) is 19.3 Å². The Morgan fingerprint density at radius 1 is 0.826 bits per heavy atom. The Morgan fingerprint density at radius 3 is 2.09 bits per heavy atom. The van der Waals surface area contributed by atoms with Crippen molar-refractivity contribution in [3.63, 3.8) is 0 Å². The van der Waals surface area contributed by atoms with Gasteiger partial charge in [0, 0.05) is 12.2 Å². The molecule has 0 rings (SSSR count). The quantitative estimate of drug-likeness (QED) is 0.257. The van der Waals surface area contributed by atoms with Crippen LogP contribution in [0, 0.1) is 0 Å². The summed E-state index contributed by atoms with van der Waals surface area (Å²) in [5.41, 5.74) is 0. The van der Waals surface area contributed by atoms with Gasteiger partial charge < -0.3 is 9.47 Å². The molecule has 23 heavy (non-hydrogen) atoms. The van der Waals surface area contributed by atoms with Crippen LogP contribution in [-0.4, -0.2) is 24.6 Å². The van der Waals surface area contributed by atoms with Gasteiger partial charge in [0.2, 0.25) is 0 Å². The summed E-state index contributed by atoms with van der Waals surface area (Å²) in [6.45, 7) is 6.70. The largest absolute Gasteiger partial charge is 0.463 e. The molecule has 0 saturated heterocycles. The second-order valence-corrected chi connectivity index (χ2v) is 5.88. The van der Waals surface area contributed by atoms with Crippen LogP contribution in [0.2, 0.25) is 0 Å². The lowest BCUT2D eigenvalue weighted by atomic mass is 10.1. The minimum atomic E-state index is -0.475. The number of hydrogen-bond acceptors (Lipinski definition) is 4. The Kier molecular flexibility index (Phi) is 14.7. The van der Waals surface area contributed by atoms with Gasteiger partial charge in [0.15, 0.2) is 0 Å². The fourth-order valence-corrected chi connectivity index (χ4v) is 2.22. The molecule has 0 aliphatic rings. The van der Waals surface area contributed by atoms with E-state index in [0.717, 1.165) is 50.7 Å². The molecular formula is C19H34O4. The van der Waals surface area contributed by atoms with Crippen molar-refractivity contribution in [2.45, 2.75) is 91.1 Å². The minimum absolute atomic E-state index is 0.0637. The van der Waals surface area contributed by atoms with E-state index in [0.29, 0.717) is 6.61 Å². The van der Waals surface area contributed by atoms with E-state index in [-0.39, 0.29) is 6.10 Å². The molecule has 0 heterocycles. The van der Waals surface area contributed by atoms with Gasteiger partial charge in [-0.3, -0.25) is 0 Å². The van der Waals surface area contributed by atoms with Crippen LogP contribution in [0.1, 0.15) is 85.0 Å². The number of hydrogen-bond donors (Lipinski definition) is 0.